The molecule has 1 aliphatic rings. The number of aliphatic carboxylic acids is 1. The number of halogens is 1. The second kappa shape index (κ2) is 6.44. The molecule has 1 aromatic heterocycles. The van der Waals surface area contributed by atoms with Crippen molar-refractivity contribution in [1.29, 1.82) is 0 Å². The second-order valence-electron chi connectivity index (χ2n) is 4.94. The molecule has 7 nitrogen and oxygen atoms in total. The molecule has 1 saturated heterocycles. The Morgan fingerprint density at radius 3 is 2.81 bits per heavy atom. The first-order chi connectivity index (χ1) is 9.97. The molecule has 1 atom stereocenters. The van der Waals surface area contributed by atoms with E-state index in [1.54, 1.807) is 9.58 Å². The molecule has 1 fully saturated rings. The van der Waals surface area contributed by atoms with Gasteiger partial charge in [-0.25, -0.2) is 0 Å². The van der Waals surface area contributed by atoms with E-state index < -0.39 is 12.0 Å². The molecule has 2 N–H and O–H groups in total. The predicted octanol–water partition coefficient (Wildman–Crippen LogP) is 0.504. The first kappa shape index (κ1) is 15.8. The van der Waals surface area contributed by atoms with Gasteiger partial charge in [0.25, 0.3) is 0 Å². The summed E-state index contributed by atoms with van der Waals surface area (Å²) in [6.07, 6.45) is 0.710. The molecular formula is C13H19ClN4O3. The first-order valence-corrected chi connectivity index (χ1v) is 7.33. The highest BCUT2D eigenvalue weighted by Crippen LogP contribution is 2.24. The quantitative estimate of drug-likeness (QED) is 0.826. The Labute approximate surface area is 127 Å². The number of piperazine rings is 1. The van der Waals surface area contributed by atoms with Crippen LogP contribution in [0.25, 0.3) is 0 Å². The number of carbonyl (C=O) groups excluding carboxylic acids is 1. The van der Waals surface area contributed by atoms with Gasteiger partial charge in [0.2, 0.25) is 5.91 Å². The number of carboxylic acids is 1. The van der Waals surface area contributed by atoms with Gasteiger partial charge < -0.3 is 10.4 Å². The van der Waals surface area contributed by atoms with E-state index in [2.05, 4.69) is 10.4 Å². The third kappa shape index (κ3) is 3.19. The second-order valence-corrected chi connectivity index (χ2v) is 5.32. The van der Waals surface area contributed by atoms with Crippen LogP contribution in [-0.4, -0.2) is 50.8 Å². The Morgan fingerprint density at radius 2 is 2.24 bits per heavy atom. The number of hydrogen-bond acceptors (Lipinski definition) is 4. The van der Waals surface area contributed by atoms with Gasteiger partial charge in [0.1, 0.15) is 6.04 Å². The number of aryl methyl sites for hydroxylation is 2. The fraction of sp³-hybridized carbons (Fsp3) is 0.615. The lowest BCUT2D eigenvalue weighted by molar-refractivity contribution is -0.146. The van der Waals surface area contributed by atoms with Gasteiger partial charge in [0.05, 0.1) is 23.0 Å². The monoisotopic (exact) mass is 314 g/mol. The zero-order chi connectivity index (χ0) is 15.6. The molecule has 0 saturated carbocycles. The number of hydrogen-bond donors (Lipinski definition) is 2. The van der Waals surface area contributed by atoms with Crippen LogP contribution in [0.3, 0.4) is 0 Å². The Bertz CT molecular complexity index is 558. The van der Waals surface area contributed by atoms with E-state index in [1.165, 1.54) is 0 Å². The van der Waals surface area contributed by atoms with E-state index >= 15 is 0 Å². The number of nitrogens with one attached hydrogen (secondary N) is 1. The molecule has 2 heterocycles. The molecule has 8 heteroatoms. The minimum absolute atomic E-state index is 0.0453. The average molecular weight is 315 g/mol. The summed E-state index contributed by atoms with van der Waals surface area (Å²) in [7, 11) is 0. The van der Waals surface area contributed by atoms with Crippen molar-refractivity contribution in [2.45, 2.75) is 39.4 Å². The first-order valence-electron chi connectivity index (χ1n) is 6.95. The van der Waals surface area contributed by atoms with Crippen LogP contribution in [0, 0.1) is 0 Å². The summed E-state index contributed by atoms with van der Waals surface area (Å²) in [5, 5.41) is 16.8. The Morgan fingerprint density at radius 1 is 1.52 bits per heavy atom. The standard InChI is InChI=1S/C13H19ClN4O3/c1-3-8-12(14)10(18(4-2)16-8)6-17-7-11(19)15-5-9(17)13(20)21/h9H,3-7H2,1-2H3,(H,15,19)(H,20,21). The van der Waals surface area contributed by atoms with Crippen LogP contribution in [0.5, 0.6) is 0 Å². The zero-order valence-corrected chi connectivity index (χ0v) is 12.9. The Kier molecular flexibility index (Phi) is 4.84. The van der Waals surface area contributed by atoms with E-state index in [4.69, 9.17) is 11.6 Å². The molecule has 0 bridgehead atoms. The van der Waals surface area contributed by atoms with E-state index in [0.717, 1.165) is 11.4 Å². The highest BCUT2D eigenvalue weighted by molar-refractivity contribution is 6.31. The van der Waals surface area contributed by atoms with E-state index in [0.29, 0.717) is 24.5 Å². The van der Waals surface area contributed by atoms with Gasteiger partial charge in [-0.1, -0.05) is 18.5 Å². The van der Waals surface area contributed by atoms with Crippen LogP contribution < -0.4 is 5.32 Å². The summed E-state index contributed by atoms with van der Waals surface area (Å²) >= 11 is 6.33. The Hall–Kier alpha value is -1.60. The Balaban J connectivity index is 2.28. The molecule has 0 radical (unpaired) electrons. The lowest BCUT2D eigenvalue weighted by atomic mass is 10.1. The van der Waals surface area contributed by atoms with Gasteiger partial charge in [-0.15, -0.1) is 0 Å². The predicted molar refractivity (Wildman–Crippen MR) is 77.1 cm³/mol. The number of rotatable bonds is 5. The highest BCUT2D eigenvalue weighted by atomic mass is 35.5. The lowest BCUT2D eigenvalue weighted by Gasteiger charge is -2.32. The maximum atomic E-state index is 11.5. The third-order valence-corrected chi connectivity index (χ3v) is 4.05. The summed E-state index contributed by atoms with van der Waals surface area (Å²) in [6.45, 7) is 5.00. The van der Waals surface area contributed by atoms with E-state index in [-0.39, 0.29) is 19.0 Å². The van der Waals surface area contributed by atoms with Crippen molar-refractivity contribution in [3.63, 3.8) is 0 Å². The van der Waals surface area contributed by atoms with Gasteiger partial charge in [0.15, 0.2) is 0 Å². The number of carboxylic acid groups (broad SMARTS) is 1. The van der Waals surface area contributed by atoms with Crippen molar-refractivity contribution in [2.24, 2.45) is 0 Å². The van der Waals surface area contributed by atoms with Crippen molar-refractivity contribution in [3.8, 4) is 0 Å². The van der Waals surface area contributed by atoms with Crippen LogP contribution in [0.1, 0.15) is 25.2 Å². The molecule has 116 valence electrons. The molecule has 21 heavy (non-hydrogen) atoms. The van der Waals surface area contributed by atoms with Crippen LogP contribution in [0.15, 0.2) is 0 Å². The summed E-state index contributed by atoms with van der Waals surface area (Å²) in [6, 6.07) is -0.746. The number of aromatic nitrogens is 2. The maximum absolute atomic E-state index is 11.5. The van der Waals surface area contributed by atoms with Gasteiger partial charge in [-0.3, -0.25) is 19.2 Å². The largest absolute Gasteiger partial charge is 0.480 e. The summed E-state index contributed by atoms with van der Waals surface area (Å²) < 4.78 is 1.77. The van der Waals surface area contributed by atoms with Gasteiger partial charge in [0, 0.05) is 19.6 Å². The number of carbonyl (C=O) groups is 2. The normalized spacial score (nSPS) is 19.6. The van der Waals surface area contributed by atoms with Crippen molar-refractivity contribution >= 4 is 23.5 Å². The highest BCUT2D eigenvalue weighted by Gasteiger charge is 2.33. The van der Waals surface area contributed by atoms with Crippen molar-refractivity contribution in [3.05, 3.63) is 16.4 Å². The molecule has 0 aromatic carbocycles. The SMILES string of the molecule is CCc1nn(CC)c(CN2CC(=O)NCC2C(=O)O)c1Cl. The molecule has 2 rings (SSSR count). The van der Waals surface area contributed by atoms with Gasteiger partial charge in [-0.2, -0.15) is 5.10 Å². The fourth-order valence-electron chi connectivity index (χ4n) is 2.46. The summed E-state index contributed by atoms with van der Waals surface area (Å²) in [5.74, 6) is -1.13. The van der Waals surface area contributed by atoms with Crippen LogP contribution in [0.4, 0.5) is 0 Å². The molecule has 0 aliphatic carbocycles. The van der Waals surface area contributed by atoms with Gasteiger partial charge in [-0.05, 0) is 13.3 Å². The van der Waals surface area contributed by atoms with E-state index in [1.807, 2.05) is 13.8 Å². The van der Waals surface area contributed by atoms with Crippen molar-refractivity contribution < 1.29 is 14.7 Å². The molecular weight excluding hydrogens is 296 g/mol. The molecule has 1 amide bonds. The average Bonchev–Trinajstić information content (AvgIpc) is 2.75. The topological polar surface area (TPSA) is 87.5 Å². The van der Waals surface area contributed by atoms with Gasteiger partial charge >= 0.3 is 5.97 Å². The minimum Gasteiger partial charge on any atom is -0.480 e. The van der Waals surface area contributed by atoms with Crippen molar-refractivity contribution in [1.82, 2.24) is 20.0 Å². The molecule has 1 aromatic rings. The smallest absolute Gasteiger partial charge is 0.322 e. The third-order valence-electron chi connectivity index (χ3n) is 3.61. The zero-order valence-electron chi connectivity index (χ0n) is 12.1. The fourth-order valence-corrected chi connectivity index (χ4v) is 2.79. The number of nitrogens with zero attached hydrogens (tertiary/aromatic N) is 3. The molecule has 0 spiro atoms. The molecule has 1 aliphatic heterocycles. The maximum Gasteiger partial charge on any atom is 0.322 e. The van der Waals surface area contributed by atoms with Crippen LogP contribution in [0.2, 0.25) is 5.02 Å². The van der Waals surface area contributed by atoms with Crippen molar-refractivity contribution in [2.75, 3.05) is 13.1 Å². The van der Waals surface area contributed by atoms with Crippen LogP contribution in [-0.2, 0) is 29.1 Å². The molecule has 1 unspecified atom stereocenters. The summed E-state index contributed by atoms with van der Waals surface area (Å²) in [4.78, 5) is 24.5. The lowest BCUT2D eigenvalue weighted by Crippen LogP contribution is -2.57. The summed E-state index contributed by atoms with van der Waals surface area (Å²) in [5.41, 5.74) is 1.55. The van der Waals surface area contributed by atoms with E-state index in [9.17, 15) is 14.7 Å². The number of amides is 1. The minimum atomic E-state index is -0.954. The van der Waals surface area contributed by atoms with Crippen LogP contribution >= 0.6 is 11.6 Å².